The van der Waals surface area contributed by atoms with Crippen molar-refractivity contribution in [2.75, 3.05) is 7.05 Å². The van der Waals surface area contributed by atoms with E-state index in [2.05, 4.69) is 24.2 Å². The summed E-state index contributed by atoms with van der Waals surface area (Å²) in [6, 6.07) is 0. The second-order valence-electron chi connectivity index (χ2n) is 3.45. The maximum absolute atomic E-state index is 11.0. The number of hydrogen-bond acceptors (Lipinski definition) is 3. The fraction of sp³-hybridized carbons (Fsp3) is 0.600. The molecule has 14 heavy (non-hydrogen) atoms. The number of allylic oxidation sites excluding steroid dienone is 1. The second kappa shape index (κ2) is 4.26. The van der Waals surface area contributed by atoms with E-state index in [1.54, 1.807) is 7.05 Å². The van der Waals surface area contributed by atoms with E-state index in [1.807, 2.05) is 6.92 Å². The molecule has 1 aliphatic rings. The molecule has 1 rings (SSSR count). The van der Waals surface area contributed by atoms with E-state index < -0.39 is 6.09 Å². The van der Waals surface area contributed by atoms with Crippen LogP contribution in [-0.2, 0) is 4.74 Å². The largest absolute Gasteiger partial charge is 0.418 e. The van der Waals surface area contributed by atoms with Crippen LogP contribution in [-0.4, -0.2) is 19.0 Å². The third-order valence-electron chi connectivity index (χ3n) is 2.22. The molecule has 0 aromatic heterocycles. The minimum absolute atomic E-state index is 0.361. The SMILES string of the molecule is CC/C(=C1/OC(=O)NC1=NC)C(C)C. The summed E-state index contributed by atoms with van der Waals surface area (Å²) < 4.78 is 5.08. The monoisotopic (exact) mass is 196 g/mol. The van der Waals surface area contributed by atoms with Gasteiger partial charge in [-0.2, -0.15) is 0 Å². The van der Waals surface area contributed by atoms with Gasteiger partial charge >= 0.3 is 6.09 Å². The Morgan fingerprint density at radius 3 is 2.64 bits per heavy atom. The highest BCUT2D eigenvalue weighted by atomic mass is 16.6. The summed E-state index contributed by atoms with van der Waals surface area (Å²) >= 11 is 0. The predicted molar refractivity (Wildman–Crippen MR) is 55.1 cm³/mol. The van der Waals surface area contributed by atoms with Gasteiger partial charge in [0.25, 0.3) is 0 Å². The van der Waals surface area contributed by atoms with Gasteiger partial charge in [-0.25, -0.2) is 4.79 Å². The Morgan fingerprint density at radius 2 is 2.21 bits per heavy atom. The van der Waals surface area contributed by atoms with Crippen LogP contribution in [0.1, 0.15) is 27.2 Å². The van der Waals surface area contributed by atoms with Crippen molar-refractivity contribution in [3.8, 4) is 0 Å². The van der Waals surface area contributed by atoms with Crippen molar-refractivity contribution in [3.05, 3.63) is 11.3 Å². The van der Waals surface area contributed by atoms with Crippen LogP contribution in [0.15, 0.2) is 16.3 Å². The summed E-state index contributed by atoms with van der Waals surface area (Å²) in [6.45, 7) is 6.19. The lowest BCUT2D eigenvalue weighted by atomic mass is 9.99. The molecule has 0 bridgehead atoms. The van der Waals surface area contributed by atoms with Gasteiger partial charge in [0.1, 0.15) is 0 Å². The van der Waals surface area contributed by atoms with Crippen molar-refractivity contribution in [2.24, 2.45) is 10.9 Å². The molecule has 4 heteroatoms. The van der Waals surface area contributed by atoms with Crippen molar-refractivity contribution in [3.63, 3.8) is 0 Å². The Kier molecular flexibility index (Phi) is 3.28. The van der Waals surface area contributed by atoms with E-state index in [0.717, 1.165) is 12.0 Å². The summed E-state index contributed by atoms with van der Waals surface area (Å²) in [5.41, 5.74) is 1.11. The van der Waals surface area contributed by atoms with Gasteiger partial charge < -0.3 is 4.74 Å². The van der Waals surface area contributed by atoms with Crippen LogP contribution in [0.4, 0.5) is 4.79 Å². The number of nitrogens with zero attached hydrogens (tertiary/aromatic N) is 1. The van der Waals surface area contributed by atoms with Crippen molar-refractivity contribution < 1.29 is 9.53 Å². The fourth-order valence-electron chi connectivity index (χ4n) is 1.53. The molecule has 78 valence electrons. The molecule has 1 fully saturated rings. The van der Waals surface area contributed by atoms with E-state index in [4.69, 9.17) is 4.74 Å². The molecule has 1 amide bonds. The number of hydrogen-bond donors (Lipinski definition) is 1. The van der Waals surface area contributed by atoms with Crippen LogP contribution in [0.2, 0.25) is 0 Å². The van der Waals surface area contributed by atoms with E-state index in [0.29, 0.717) is 17.5 Å². The van der Waals surface area contributed by atoms with E-state index >= 15 is 0 Å². The minimum Gasteiger partial charge on any atom is -0.406 e. The van der Waals surface area contributed by atoms with Gasteiger partial charge in [-0.05, 0) is 17.9 Å². The predicted octanol–water partition coefficient (Wildman–Crippen LogP) is 2.07. The summed E-state index contributed by atoms with van der Waals surface area (Å²) in [6.07, 6.45) is 0.424. The van der Waals surface area contributed by atoms with Crippen LogP contribution >= 0.6 is 0 Å². The lowest BCUT2D eigenvalue weighted by molar-refractivity contribution is 0.194. The maximum atomic E-state index is 11.0. The first kappa shape index (κ1) is 10.8. The number of amidine groups is 1. The van der Waals surface area contributed by atoms with Crippen LogP contribution in [0.5, 0.6) is 0 Å². The van der Waals surface area contributed by atoms with Gasteiger partial charge in [-0.15, -0.1) is 0 Å². The van der Waals surface area contributed by atoms with Crippen molar-refractivity contribution in [1.82, 2.24) is 5.32 Å². The quantitative estimate of drug-likeness (QED) is 0.735. The lowest BCUT2D eigenvalue weighted by Gasteiger charge is -2.10. The van der Waals surface area contributed by atoms with Gasteiger partial charge in [0.2, 0.25) is 0 Å². The molecule has 1 saturated heterocycles. The smallest absolute Gasteiger partial charge is 0.406 e. The van der Waals surface area contributed by atoms with Crippen molar-refractivity contribution >= 4 is 11.9 Å². The molecule has 1 heterocycles. The third-order valence-corrected chi connectivity index (χ3v) is 2.22. The first-order valence-corrected chi connectivity index (χ1v) is 4.79. The average Bonchev–Trinajstić information content (AvgIpc) is 2.47. The number of alkyl carbamates (subject to hydrolysis) is 1. The molecule has 0 unspecified atom stereocenters. The Bertz CT molecular complexity index is 303. The molecule has 1 aliphatic heterocycles. The zero-order chi connectivity index (χ0) is 10.7. The van der Waals surface area contributed by atoms with E-state index in [-0.39, 0.29) is 0 Å². The molecule has 0 radical (unpaired) electrons. The van der Waals surface area contributed by atoms with Crippen molar-refractivity contribution in [2.45, 2.75) is 27.2 Å². The number of cyclic esters (lactones) is 1. The molecule has 1 N–H and O–H groups in total. The molecule has 0 saturated carbocycles. The molecule has 4 nitrogen and oxygen atoms in total. The zero-order valence-electron chi connectivity index (χ0n) is 9.05. The number of rotatable bonds is 2. The topological polar surface area (TPSA) is 50.7 Å². The number of carbonyl (C=O) groups excluding carboxylic acids is 1. The molecule has 0 aliphatic carbocycles. The second-order valence-corrected chi connectivity index (χ2v) is 3.45. The summed E-state index contributed by atoms with van der Waals surface area (Å²) in [4.78, 5) is 15.0. The Morgan fingerprint density at radius 1 is 1.57 bits per heavy atom. The number of nitrogens with one attached hydrogen (secondary N) is 1. The Hall–Kier alpha value is -1.32. The highest BCUT2D eigenvalue weighted by molar-refractivity contribution is 6.11. The van der Waals surface area contributed by atoms with Gasteiger partial charge in [-0.1, -0.05) is 20.8 Å². The summed E-state index contributed by atoms with van der Waals surface area (Å²) in [5, 5.41) is 2.55. The number of ether oxygens (including phenoxy) is 1. The van der Waals surface area contributed by atoms with Crippen LogP contribution in [0.25, 0.3) is 0 Å². The molecule has 0 spiro atoms. The van der Waals surface area contributed by atoms with Gasteiger partial charge in [0.15, 0.2) is 11.6 Å². The van der Waals surface area contributed by atoms with Crippen LogP contribution < -0.4 is 5.32 Å². The van der Waals surface area contributed by atoms with Gasteiger partial charge in [0.05, 0.1) is 0 Å². The molecular formula is C10H16N2O2. The molecule has 0 aromatic rings. The number of aliphatic imine (C=N–C) groups is 1. The first-order valence-electron chi connectivity index (χ1n) is 4.79. The maximum Gasteiger partial charge on any atom is 0.418 e. The van der Waals surface area contributed by atoms with Gasteiger partial charge in [-0.3, -0.25) is 10.3 Å². The van der Waals surface area contributed by atoms with E-state index in [9.17, 15) is 4.79 Å². The van der Waals surface area contributed by atoms with Crippen LogP contribution in [0.3, 0.4) is 0 Å². The molecular weight excluding hydrogens is 180 g/mol. The lowest BCUT2D eigenvalue weighted by Crippen LogP contribution is -2.19. The number of carbonyl (C=O) groups is 1. The first-order chi connectivity index (χ1) is 6.60. The highest BCUT2D eigenvalue weighted by Gasteiger charge is 2.27. The van der Waals surface area contributed by atoms with Gasteiger partial charge in [0, 0.05) is 7.05 Å². The molecule has 0 aromatic carbocycles. The summed E-state index contributed by atoms with van der Waals surface area (Å²) in [5.74, 6) is 1.51. The molecule has 0 atom stereocenters. The minimum atomic E-state index is -0.438. The average molecular weight is 196 g/mol. The summed E-state index contributed by atoms with van der Waals surface area (Å²) in [7, 11) is 1.64. The fourth-order valence-corrected chi connectivity index (χ4v) is 1.53. The highest BCUT2D eigenvalue weighted by Crippen LogP contribution is 2.22. The third kappa shape index (κ3) is 1.95. The van der Waals surface area contributed by atoms with Crippen molar-refractivity contribution in [1.29, 1.82) is 0 Å². The normalized spacial score (nSPS) is 22.6. The van der Waals surface area contributed by atoms with Crippen LogP contribution in [0, 0.1) is 5.92 Å². The zero-order valence-corrected chi connectivity index (χ0v) is 9.05. The van der Waals surface area contributed by atoms with E-state index in [1.165, 1.54) is 0 Å². The standard InChI is InChI=1S/C10H16N2O2/c1-5-7(6(2)3)8-9(11-4)12-10(13)14-8/h6H,5H2,1-4H3,(H,11,12,13)/b8-7-. The Labute approximate surface area is 84.0 Å². The Balaban J connectivity index is 3.10. The number of amides is 1.